The molecule has 0 aliphatic carbocycles. The molecule has 0 saturated carbocycles. The van der Waals surface area contributed by atoms with Gasteiger partial charge in [-0.2, -0.15) is 0 Å². The van der Waals surface area contributed by atoms with Gasteiger partial charge >= 0.3 is 0 Å². The average molecular weight is 331 g/mol. The van der Waals surface area contributed by atoms with Crippen molar-refractivity contribution in [3.05, 3.63) is 29.0 Å². The predicted molar refractivity (Wildman–Crippen MR) is 83.4 cm³/mol. The van der Waals surface area contributed by atoms with Gasteiger partial charge in [-0.05, 0) is 38.5 Å². The summed E-state index contributed by atoms with van der Waals surface area (Å²) in [5, 5.41) is 5.02. The number of carbonyl (C=O) groups is 2. The van der Waals surface area contributed by atoms with E-state index in [4.69, 9.17) is 16.3 Å². The summed E-state index contributed by atoms with van der Waals surface area (Å²) >= 11 is 5.61. The number of hydrogen-bond donors (Lipinski definition) is 2. The van der Waals surface area contributed by atoms with Crippen molar-refractivity contribution in [3.63, 3.8) is 0 Å². The Labute approximate surface area is 134 Å². The molecule has 0 heterocycles. The number of halogens is 2. The van der Waals surface area contributed by atoms with Crippen molar-refractivity contribution in [2.24, 2.45) is 0 Å². The highest BCUT2D eigenvalue weighted by Gasteiger charge is 2.10. The van der Waals surface area contributed by atoms with E-state index in [1.807, 2.05) is 13.8 Å². The number of anilines is 1. The van der Waals surface area contributed by atoms with Crippen LogP contribution in [0.4, 0.5) is 10.1 Å². The molecule has 0 fully saturated rings. The highest BCUT2D eigenvalue weighted by molar-refractivity contribution is 6.31. The second-order valence-corrected chi connectivity index (χ2v) is 5.38. The predicted octanol–water partition coefficient (Wildman–Crippen LogP) is 2.74. The van der Waals surface area contributed by atoms with Crippen LogP contribution in [0.15, 0.2) is 18.2 Å². The highest BCUT2D eigenvalue weighted by Crippen LogP contribution is 2.19. The van der Waals surface area contributed by atoms with E-state index in [1.54, 1.807) is 0 Å². The third-order valence-corrected chi connectivity index (χ3v) is 2.91. The second kappa shape index (κ2) is 9.38. The zero-order valence-electron chi connectivity index (χ0n) is 12.6. The smallest absolute Gasteiger partial charge is 0.233 e. The van der Waals surface area contributed by atoms with Crippen molar-refractivity contribution in [1.82, 2.24) is 5.32 Å². The van der Waals surface area contributed by atoms with E-state index in [0.717, 1.165) is 6.07 Å². The van der Waals surface area contributed by atoms with E-state index in [9.17, 15) is 14.0 Å². The Bertz CT molecular complexity index is 524. The normalized spacial score (nSPS) is 10.6. The maximum Gasteiger partial charge on any atom is 0.233 e. The summed E-state index contributed by atoms with van der Waals surface area (Å²) in [6.45, 7) is 4.87. The minimum Gasteiger partial charge on any atom is -0.379 e. The van der Waals surface area contributed by atoms with Gasteiger partial charge in [0.1, 0.15) is 12.2 Å². The molecule has 0 atom stereocenters. The van der Waals surface area contributed by atoms with Crippen LogP contribution in [0.25, 0.3) is 0 Å². The Morgan fingerprint density at radius 3 is 2.68 bits per heavy atom. The third-order valence-electron chi connectivity index (χ3n) is 2.62. The summed E-state index contributed by atoms with van der Waals surface area (Å²) < 4.78 is 18.3. The van der Waals surface area contributed by atoms with Crippen molar-refractivity contribution in [1.29, 1.82) is 0 Å². The Hall–Kier alpha value is -1.66. The van der Waals surface area contributed by atoms with Crippen LogP contribution in [0.5, 0.6) is 0 Å². The summed E-state index contributed by atoms with van der Waals surface area (Å²) in [7, 11) is 0. The van der Waals surface area contributed by atoms with E-state index in [1.165, 1.54) is 12.1 Å². The first-order valence-electron chi connectivity index (χ1n) is 7.01. The maximum absolute atomic E-state index is 13.0. The lowest BCUT2D eigenvalue weighted by molar-refractivity contribution is -0.126. The number of carbonyl (C=O) groups excluding carboxylic acids is 2. The number of amides is 2. The number of nitrogens with one attached hydrogen (secondary N) is 2. The van der Waals surface area contributed by atoms with Crippen LogP contribution in [0.2, 0.25) is 5.02 Å². The summed E-state index contributed by atoms with van der Waals surface area (Å²) in [4.78, 5) is 23.2. The molecule has 0 saturated heterocycles. The van der Waals surface area contributed by atoms with Gasteiger partial charge in [0.15, 0.2) is 0 Å². The molecule has 5 nitrogen and oxygen atoms in total. The SMILES string of the molecule is CC(C)OCCCNC(=O)CC(=O)Nc1ccc(F)c(Cl)c1. The molecule has 0 aliphatic heterocycles. The lowest BCUT2D eigenvalue weighted by atomic mass is 10.3. The molecule has 122 valence electrons. The Balaban J connectivity index is 2.26. The zero-order valence-corrected chi connectivity index (χ0v) is 13.4. The fourth-order valence-corrected chi connectivity index (χ4v) is 1.79. The maximum atomic E-state index is 13.0. The molecule has 2 N–H and O–H groups in total. The van der Waals surface area contributed by atoms with Crippen LogP contribution in [-0.2, 0) is 14.3 Å². The molecule has 2 amide bonds. The molecule has 0 bridgehead atoms. The van der Waals surface area contributed by atoms with Gasteiger partial charge < -0.3 is 15.4 Å². The molecule has 0 spiro atoms. The second-order valence-electron chi connectivity index (χ2n) is 4.98. The lowest BCUT2D eigenvalue weighted by Crippen LogP contribution is -2.29. The largest absolute Gasteiger partial charge is 0.379 e. The Morgan fingerprint density at radius 2 is 2.05 bits per heavy atom. The molecule has 0 aromatic heterocycles. The van der Waals surface area contributed by atoms with Crippen molar-refractivity contribution in [2.45, 2.75) is 32.8 Å². The number of hydrogen-bond acceptors (Lipinski definition) is 3. The number of ether oxygens (including phenoxy) is 1. The zero-order chi connectivity index (χ0) is 16.5. The van der Waals surface area contributed by atoms with Crippen LogP contribution < -0.4 is 10.6 Å². The van der Waals surface area contributed by atoms with Gasteiger partial charge in [-0.3, -0.25) is 9.59 Å². The molecule has 0 radical (unpaired) electrons. The average Bonchev–Trinajstić information content (AvgIpc) is 2.42. The Morgan fingerprint density at radius 1 is 1.32 bits per heavy atom. The van der Waals surface area contributed by atoms with Crippen LogP contribution in [0.3, 0.4) is 0 Å². The van der Waals surface area contributed by atoms with E-state index < -0.39 is 11.7 Å². The van der Waals surface area contributed by atoms with Gasteiger partial charge in [-0.1, -0.05) is 11.6 Å². The van der Waals surface area contributed by atoms with Crippen LogP contribution in [-0.4, -0.2) is 31.1 Å². The van der Waals surface area contributed by atoms with Gasteiger partial charge in [0.2, 0.25) is 11.8 Å². The topological polar surface area (TPSA) is 67.4 Å². The van der Waals surface area contributed by atoms with Crippen molar-refractivity contribution < 1.29 is 18.7 Å². The molecule has 22 heavy (non-hydrogen) atoms. The number of rotatable bonds is 8. The summed E-state index contributed by atoms with van der Waals surface area (Å²) in [6, 6.07) is 3.81. The molecule has 1 aromatic rings. The molecule has 0 aliphatic rings. The van der Waals surface area contributed by atoms with Gasteiger partial charge in [-0.25, -0.2) is 4.39 Å². The molecule has 1 rings (SSSR count). The molecule has 0 unspecified atom stereocenters. The fourth-order valence-electron chi connectivity index (χ4n) is 1.61. The van der Waals surface area contributed by atoms with E-state index in [0.29, 0.717) is 25.3 Å². The van der Waals surface area contributed by atoms with Gasteiger partial charge in [0.25, 0.3) is 0 Å². The minimum atomic E-state index is -0.568. The van der Waals surface area contributed by atoms with Crippen molar-refractivity contribution in [2.75, 3.05) is 18.5 Å². The Kier molecular flexibility index (Phi) is 7.84. The van der Waals surface area contributed by atoms with E-state index in [2.05, 4.69) is 10.6 Å². The highest BCUT2D eigenvalue weighted by atomic mass is 35.5. The molecular formula is C15H20ClFN2O3. The monoisotopic (exact) mass is 330 g/mol. The van der Waals surface area contributed by atoms with Crippen LogP contribution >= 0.6 is 11.6 Å². The lowest BCUT2D eigenvalue weighted by Gasteiger charge is -2.09. The first-order valence-corrected chi connectivity index (χ1v) is 7.39. The van der Waals surface area contributed by atoms with Gasteiger partial charge in [0, 0.05) is 18.8 Å². The van der Waals surface area contributed by atoms with E-state index >= 15 is 0 Å². The quantitative estimate of drug-likeness (QED) is 0.569. The minimum absolute atomic E-state index is 0.0904. The third kappa shape index (κ3) is 7.38. The standard InChI is InChI=1S/C15H20ClFN2O3/c1-10(2)22-7-3-6-18-14(20)9-15(21)19-11-4-5-13(17)12(16)8-11/h4-5,8,10H,3,6-7,9H2,1-2H3,(H,18,20)(H,19,21). The first kappa shape index (κ1) is 18.4. The van der Waals surface area contributed by atoms with Crippen LogP contribution in [0, 0.1) is 5.82 Å². The summed E-state index contributed by atoms with van der Waals surface area (Å²) in [6.07, 6.45) is 0.531. The summed E-state index contributed by atoms with van der Waals surface area (Å²) in [5.74, 6) is -1.44. The van der Waals surface area contributed by atoms with Gasteiger partial charge in [0.05, 0.1) is 11.1 Å². The fraction of sp³-hybridized carbons (Fsp3) is 0.467. The van der Waals surface area contributed by atoms with Gasteiger partial charge in [-0.15, -0.1) is 0 Å². The molecule has 1 aromatic carbocycles. The summed E-state index contributed by atoms with van der Waals surface area (Å²) in [5.41, 5.74) is 0.342. The van der Waals surface area contributed by atoms with Crippen molar-refractivity contribution in [3.8, 4) is 0 Å². The van der Waals surface area contributed by atoms with Crippen LogP contribution in [0.1, 0.15) is 26.7 Å². The molecular weight excluding hydrogens is 311 g/mol. The van der Waals surface area contributed by atoms with Crippen molar-refractivity contribution >= 4 is 29.1 Å². The molecule has 7 heteroatoms. The van der Waals surface area contributed by atoms with E-state index in [-0.39, 0.29) is 23.5 Å². The number of benzene rings is 1. The first-order chi connectivity index (χ1) is 10.4.